The highest BCUT2D eigenvalue weighted by Crippen LogP contribution is 2.29. The molecule has 1 aliphatic rings. The van der Waals surface area contributed by atoms with E-state index < -0.39 is 0 Å². The number of ether oxygens (including phenoxy) is 1. The SMILES string of the molecule is COc1c(C)cnc(CNCC2(C)CCN(C)CC2)c1C. The second-order valence-corrected chi connectivity index (χ2v) is 6.76. The lowest BCUT2D eigenvalue weighted by molar-refractivity contribution is 0.136. The number of nitrogens with one attached hydrogen (secondary N) is 1. The molecule has 0 spiro atoms. The number of likely N-dealkylation sites (tertiary alicyclic amines) is 1. The van der Waals surface area contributed by atoms with Crippen LogP contribution in [0.2, 0.25) is 0 Å². The average Bonchev–Trinajstić information content (AvgIpc) is 2.46. The highest BCUT2D eigenvalue weighted by Gasteiger charge is 2.28. The predicted octanol–water partition coefficient (Wildman–Crippen LogP) is 2.53. The van der Waals surface area contributed by atoms with Crippen LogP contribution in [0.15, 0.2) is 6.20 Å². The van der Waals surface area contributed by atoms with E-state index in [2.05, 4.69) is 36.1 Å². The Morgan fingerprint density at radius 2 is 2.00 bits per heavy atom. The maximum absolute atomic E-state index is 5.47. The van der Waals surface area contributed by atoms with Crippen LogP contribution < -0.4 is 10.1 Å². The summed E-state index contributed by atoms with van der Waals surface area (Å²) >= 11 is 0. The Bertz CT molecular complexity index is 479. The quantitative estimate of drug-likeness (QED) is 0.904. The van der Waals surface area contributed by atoms with Crippen molar-refractivity contribution in [3.8, 4) is 5.75 Å². The van der Waals surface area contributed by atoms with Gasteiger partial charge in [-0.15, -0.1) is 0 Å². The Morgan fingerprint density at radius 1 is 1.33 bits per heavy atom. The molecular weight excluding hydrogens is 262 g/mol. The van der Waals surface area contributed by atoms with Gasteiger partial charge < -0.3 is 15.0 Å². The van der Waals surface area contributed by atoms with Gasteiger partial charge >= 0.3 is 0 Å². The van der Waals surface area contributed by atoms with Gasteiger partial charge in [0.25, 0.3) is 0 Å². The molecule has 1 saturated heterocycles. The number of rotatable bonds is 5. The Labute approximate surface area is 128 Å². The van der Waals surface area contributed by atoms with Crippen molar-refractivity contribution in [2.75, 3.05) is 33.8 Å². The van der Waals surface area contributed by atoms with Crippen LogP contribution in [0.4, 0.5) is 0 Å². The van der Waals surface area contributed by atoms with E-state index >= 15 is 0 Å². The monoisotopic (exact) mass is 291 g/mol. The van der Waals surface area contributed by atoms with Crippen LogP contribution in [-0.4, -0.2) is 43.7 Å². The van der Waals surface area contributed by atoms with Gasteiger partial charge in [-0.1, -0.05) is 6.92 Å². The molecule has 118 valence electrons. The van der Waals surface area contributed by atoms with Gasteiger partial charge in [0.15, 0.2) is 0 Å². The molecule has 2 heterocycles. The first-order valence-electron chi connectivity index (χ1n) is 7.83. The molecule has 0 bridgehead atoms. The summed E-state index contributed by atoms with van der Waals surface area (Å²) in [4.78, 5) is 6.97. The molecule has 1 fully saturated rings. The number of nitrogens with zero attached hydrogens (tertiary/aromatic N) is 2. The molecule has 2 rings (SSSR count). The zero-order chi connectivity index (χ0) is 15.5. The molecule has 1 aromatic rings. The third-order valence-electron chi connectivity index (χ3n) is 4.79. The molecule has 0 atom stereocenters. The number of aryl methyl sites for hydroxylation is 1. The van der Waals surface area contributed by atoms with Crippen molar-refractivity contribution in [2.24, 2.45) is 5.41 Å². The minimum absolute atomic E-state index is 0.412. The predicted molar refractivity (Wildman–Crippen MR) is 86.8 cm³/mol. The summed E-state index contributed by atoms with van der Waals surface area (Å²) < 4.78 is 5.47. The fraction of sp³-hybridized carbons (Fsp3) is 0.706. The van der Waals surface area contributed by atoms with E-state index in [9.17, 15) is 0 Å². The molecule has 0 amide bonds. The smallest absolute Gasteiger partial charge is 0.128 e. The molecule has 1 N–H and O–H groups in total. The van der Waals surface area contributed by atoms with Crippen molar-refractivity contribution >= 4 is 0 Å². The molecule has 0 radical (unpaired) electrons. The van der Waals surface area contributed by atoms with Gasteiger partial charge in [0.05, 0.1) is 12.8 Å². The van der Waals surface area contributed by atoms with Gasteiger partial charge in [0.2, 0.25) is 0 Å². The van der Waals surface area contributed by atoms with Crippen LogP contribution >= 0.6 is 0 Å². The van der Waals surface area contributed by atoms with Crippen LogP contribution in [0.5, 0.6) is 5.75 Å². The van der Waals surface area contributed by atoms with E-state index in [1.165, 1.54) is 25.9 Å². The fourth-order valence-corrected chi connectivity index (χ4v) is 3.07. The summed E-state index contributed by atoms with van der Waals surface area (Å²) in [5.74, 6) is 0.965. The van der Waals surface area contributed by atoms with E-state index in [1.807, 2.05) is 13.1 Å². The summed E-state index contributed by atoms with van der Waals surface area (Å²) in [7, 11) is 3.94. The van der Waals surface area contributed by atoms with E-state index in [-0.39, 0.29) is 0 Å². The van der Waals surface area contributed by atoms with Crippen molar-refractivity contribution in [2.45, 2.75) is 40.2 Å². The van der Waals surface area contributed by atoms with Crippen LogP contribution in [-0.2, 0) is 6.54 Å². The molecule has 0 aromatic carbocycles. The summed E-state index contributed by atoms with van der Waals surface area (Å²) in [5, 5.41) is 3.60. The Hall–Kier alpha value is -1.13. The Kier molecular flexibility index (Phi) is 5.22. The second-order valence-electron chi connectivity index (χ2n) is 6.76. The third-order valence-corrected chi connectivity index (χ3v) is 4.79. The van der Waals surface area contributed by atoms with E-state index in [1.54, 1.807) is 7.11 Å². The van der Waals surface area contributed by atoms with Crippen LogP contribution in [0, 0.1) is 19.3 Å². The van der Waals surface area contributed by atoms with Crippen molar-refractivity contribution < 1.29 is 4.74 Å². The number of hydrogen-bond acceptors (Lipinski definition) is 4. The first-order chi connectivity index (χ1) is 9.95. The highest BCUT2D eigenvalue weighted by molar-refractivity contribution is 5.40. The lowest BCUT2D eigenvalue weighted by Crippen LogP contribution is -2.42. The normalized spacial score (nSPS) is 18.7. The highest BCUT2D eigenvalue weighted by atomic mass is 16.5. The van der Waals surface area contributed by atoms with Gasteiger partial charge in [-0.25, -0.2) is 0 Å². The van der Waals surface area contributed by atoms with E-state index in [4.69, 9.17) is 4.74 Å². The van der Waals surface area contributed by atoms with Crippen molar-refractivity contribution in [3.63, 3.8) is 0 Å². The minimum Gasteiger partial charge on any atom is -0.496 e. The number of hydrogen-bond donors (Lipinski definition) is 1. The van der Waals surface area contributed by atoms with Crippen molar-refractivity contribution in [3.05, 3.63) is 23.0 Å². The lowest BCUT2D eigenvalue weighted by atomic mass is 9.80. The molecule has 1 aliphatic heterocycles. The van der Waals surface area contributed by atoms with Gasteiger partial charge in [-0.3, -0.25) is 4.98 Å². The van der Waals surface area contributed by atoms with Crippen LogP contribution in [0.25, 0.3) is 0 Å². The number of aromatic nitrogens is 1. The molecule has 4 nitrogen and oxygen atoms in total. The minimum atomic E-state index is 0.412. The van der Waals surface area contributed by atoms with Crippen molar-refractivity contribution in [1.29, 1.82) is 0 Å². The van der Waals surface area contributed by atoms with Gasteiger partial charge in [-0.05, 0) is 52.2 Å². The third kappa shape index (κ3) is 3.95. The van der Waals surface area contributed by atoms with Gasteiger partial charge in [0.1, 0.15) is 5.75 Å². The first kappa shape index (κ1) is 16.2. The summed E-state index contributed by atoms with van der Waals surface area (Å²) in [6.45, 7) is 10.8. The van der Waals surface area contributed by atoms with Gasteiger partial charge in [0, 0.05) is 30.4 Å². The average molecular weight is 291 g/mol. The molecule has 0 saturated carbocycles. The van der Waals surface area contributed by atoms with Crippen molar-refractivity contribution in [1.82, 2.24) is 15.2 Å². The molecule has 0 aliphatic carbocycles. The molecule has 1 aromatic heterocycles. The molecule has 0 unspecified atom stereocenters. The maximum atomic E-state index is 5.47. The zero-order valence-electron chi connectivity index (χ0n) is 14.1. The lowest BCUT2D eigenvalue weighted by Gasteiger charge is -2.38. The van der Waals surface area contributed by atoms with Crippen LogP contribution in [0.3, 0.4) is 0 Å². The maximum Gasteiger partial charge on any atom is 0.128 e. The molecular formula is C17H29N3O. The molecule has 21 heavy (non-hydrogen) atoms. The first-order valence-corrected chi connectivity index (χ1v) is 7.83. The topological polar surface area (TPSA) is 37.4 Å². The largest absolute Gasteiger partial charge is 0.496 e. The number of pyridine rings is 1. The fourth-order valence-electron chi connectivity index (χ4n) is 3.07. The van der Waals surface area contributed by atoms with Crippen LogP contribution in [0.1, 0.15) is 36.6 Å². The summed E-state index contributed by atoms with van der Waals surface area (Å²) in [6, 6.07) is 0. The molecule has 4 heteroatoms. The van der Waals surface area contributed by atoms with Gasteiger partial charge in [-0.2, -0.15) is 0 Å². The van der Waals surface area contributed by atoms with E-state index in [0.717, 1.165) is 35.7 Å². The zero-order valence-corrected chi connectivity index (χ0v) is 14.1. The Morgan fingerprint density at radius 3 is 2.62 bits per heavy atom. The second kappa shape index (κ2) is 6.75. The number of methoxy groups -OCH3 is 1. The Balaban J connectivity index is 1.92. The standard InChI is InChI=1S/C17H29N3O/c1-13-10-19-15(14(2)16(13)21-5)11-18-12-17(3)6-8-20(4)9-7-17/h10,18H,6-9,11-12H2,1-5H3. The summed E-state index contributed by atoms with van der Waals surface area (Å²) in [6.07, 6.45) is 4.43. The number of piperidine rings is 1. The summed E-state index contributed by atoms with van der Waals surface area (Å²) in [5.41, 5.74) is 3.75. The van der Waals surface area contributed by atoms with E-state index in [0.29, 0.717) is 5.41 Å².